The van der Waals surface area contributed by atoms with E-state index in [2.05, 4.69) is 38.5 Å². The summed E-state index contributed by atoms with van der Waals surface area (Å²) in [4.78, 5) is 26.8. The number of fused-ring (bicyclic) bond motifs is 1. The first-order chi connectivity index (χ1) is 16.2. The maximum absolute atomic E-state index is 12.7. The average molecular weight is 435 g/mol. The SMILES string of the molecule is N#Cc1cccc(-c2cc(NC3CCN(C(=O)c4cncnc4)CC3)c3cnccc3c2)c1. The van der Waals surface area contributed by atoms with E-state index in [1.165, 1.54) is 6.33 Å². The number of nitrogens with one attached hydrogen (secondary N) is 1. The van der Waals surface area contributed by atoms with Gasteiger partial charge in [0.15, 0.2) is 0 Å². The van der Waals surface area contributed by atoms with Crippen LogP contribution in [0.4, 0.5) is 5.69 Å². The maximum atomic E-state index is 12.7. The summed E-state index contributed by atoms with van der Waals surface area (Å²) < 4.78 is 0. The van der Waals surface area contributed by atoms with Crippen molar-refractivity contribution >= 4 is 22.4 Å². The van der Waals surface area contributed by atoms with Gasteiger partial charge in [-0.05, 0) is 59.7 Å². The summed E-state index contributed by atoms with van der Waals surface area (Å²) in [5.74, 6) is -0.0249. The molecule has 33 heavy (non-hydrogen) atoms. The molecule has 5 rings (SSSR count). The molecular weight excluding hydrogens is 412 g/mol. The molecule has 0 bridgehead atoms. The lowest BCUT2D eigenvalue weighted by atomic mass is 9.98. The summed E-state index contributed by atoms with van der Waals surface area (Å²) in [5.41, 5.74) is 4.22. The van der Waals surface area contributed by atoms with Gasteiger partial charge in [-0.25, -0.2) is 9.97 Å². The van der Waals surface area contributed by atoms with E-state index in [0.29, 0.717) is 24.2 Å². The first-order valence-corrected chi connectivity index (χ1v) is 10.9. The van der Waals surface area contributed by atoms with E-state index in [0.717, 1.165) is 40.4 Å². The lowest BCUT2D eigenvalue weighted by molar-refractivity contribution is 0.0717. The van der Waals surface area contributed by atoms with E-state index in [9.17, 15) is 10.1 Å². The van der Waals surface area contributed by atoms with Crippen molar-refractivity contribution in [3.05, 3.63) is 84.7 Å². The number of likely N-dealkylation sites (tertiary alicyclic amines) is 1. The van der Waals surface area contributed by atoms with Gasteiger partial charge in [-0.1, -0.05) is 12.1 Å². The summed E-state index contributed by atoms with van der Waals surface area (Å²) >= 11 is 0. The molecule has 4 aromatic rings. The van der Waals surface area contributed by atoms with Crippen molar-refractivity contribution in [3.63, 3.8) is 0 Å². The Kier molecular flexibility index (Phi) is 5.64. The molecule has 0 spiro atoms. The second kappa shape index (κ2) is 9.05. The molecule has 2 aromatic heterocycles. The van der Waals surface area contributed by atoms with Gasteiger partial charge >= 0.3 is 0 Å². The fraction of sp³-hybridized carbons (Fsp3) is 0.192. The number of carbonyl (C=O) groups is 1. The van der Waals surface area contributed by atoms with Crippen molar-refractivity contribution in [1.82, 2.24) is 19.9 Å². The minimum atomic E-state index is -0.0249. The second-order valence-electron chi connectivity index (χ2n) is 8.15. The average Bonchev–Trinajstić information content (AvgIpc) is 2.89. The van der Waals surface area contributed by atoms with Gasteiger partial charge in [0.2, 0.25) is 0 Å². The molecule has 1 N–H and O–H groups in total. The molecule has 7 heteroatoms. The van der Waals surface area contributed by atoms with Crippen molar-refractivity contribution in [3.8, 4) is 17.2 Å². The fourth-order valence-corrected chi connectivity index (χ4v) is 4.29. The van der Waals surface area contributed by atoms with Crippen LogP contribution in [-0.4, -0.2) is 44.9 Å². The zero-order valence-electron chi connectivity index (χ0n) is 18.0. The topological polar surface area (TPSA) is 94.8 Å². The smallest absolute Gasteiger partial charge is 0.256 e. The maximum Gasteiger partial charge on any atom is 0.256 e. The Morgan fingerprint density at radius 1 is 1.00 bits per heavy atom. The van der Waals surface area contributed by atoms with Crippen LogP contribution in [0.3, 0.4) is 0 Å². The van der Waals surface area contributed by atoms with Gasteiger partial charge in [0.05, 0.1) is 17.2 Å². The number of hydrogen-bond acceptors (Lipinski definition) is 6. The Labute approximate surface area is 191 Å². The normalized spacial score (nSPS) is 14.1. The molecule has 1 aliphatic rings. The minimum Gasteiger partial charge on any atom is -0.382 e. The molecule has 0 unspecified atom stereocenters. The van der Waals surface area contributed by atoms with Crippen LogP contribution in [0.15, 0.2) is 73.6 Å². The number of nitriles is 1. The standard InChI is InChI=1S/C26H22N6O/c27-13-18-2-1-3-19(10-18)21-11-20-4-7-28-16-24(20)25(12-21)31-23-5-8-32(9-6-23)26(33)22-14-29-17-30-15-22/h1-4,7,10-12,14-17,23,31H,5-6,8-9H2. The number of benzene rings is 2. The molecule has 0 saturated carbocycles. The molecule has 3 heterocycles. The summed E-state index contributed by atoms with van der Waals surface area (Å²) in [7, 11) is 0. The second-order valence-corrected chi connectivity index (χ2v) is 8.15. The van der Waals surface area contributed by atoms with Crippen LogP contribution in [0.1, 0.15) is 28.8 Å². The predicted octanol–water partition coefficient (Wildman–Crippen LogP) is 4.28. The number of aromatic nitrogens is 3. The van der Waals surface area contributed by atoms with E-state index < -0.39 is 0 Å². The quantitative estimate of drug-likeness (QED) is 0.515. The molecule has 1 aliphatic heterocycles. The highest BCUT2D eigenvalue weighted by Crippen LogP contribution is 2.32. The molecule has 1 amide bonds. The van der Waals surface area contributed by atoms with E-state index in [-0.39, 0.29) is 11.9 Å². The predicted molar refractivity (Wildman–Crippen MR) is 126 cm³/mol. The van der Waals surface area contributed by atoms with Crippen molar-refractivity contribution in [2.45, 2.75) is 18.9 Å². The number of carbonyl (C=O) groups excluding carboxylic acids is 1. The summed E-state index contributed by atoms with van der Waals surface area (Å²) in [5, 5.41) is 15.1. The molecule has 0 radical (unpaired) electrons. The van der Waals surface area contributed by atoms with Gasteiger partial charge in [-0.2, -0.15) is 5.26 Å². The highest BCUT2D eigenvalue weighted by atomic mass is 16.2. The molecular formula is C26H22N6O. The highest BCUT2D eigenvalue weighted by molar-refractivity contribution is 5.97. The Balaban J connectivity index is 1.37. The Morgan fingerprint density at radius 2 is 1.82 bits per heavy atom. The van der Waals surface area contributed by atoms with E-state index in [1.54, 1.807) is 18.6 Å². The van der Waals surface area contributed by atoms with Crippen LogP contribution < -0.4 is 5.32 Å². The zero-order chi connectivity index (χ0) is 22.6. The lowest BCUT2D eigenvalue weighted by Crippen LogP contribution is -2.42. The largest absolute Gasteiger partial charge is 0.382 e. The lowest BCUT2D eigenvalue weighted by Gasteiger charge is -2.33. The first-order valence-electron chi connectivity index (χ1n) is 10.9. The summed E-state index contributed by atoms with van der Waals surface area (Å²) in [6.07, 6.45) is 9.90. The van der Waals surface area contributed by atoms with Crippen molar-refractivity contribution in [2.75, 3.05) is 18.4 Å². The number of piperidine rings is 1. The third kappa shape index (κ3) is 4.37. The Bertz CT molecular complexity index is 1340. The molecule has 2 aromatic carbocycles. The number of hydrogen-bond donors (Lipinski definition) is 1. The Morgan fingerprint density at radius 3 is 2.61 bits per heavy atom. The monoisotopic (exact) mass is 434 g/mol. The number of pyridine rings is 1. The van der Waals surface area contributed by atoms with Crippen LogP contribution in [0, 0.1) is 11.3 Å². The van der Waals surface area contributed by atoms with Crippen LogP contribution >= 0.6 is 0 Å². The number of amides is 1. The summed E-state index contributed by atoms with van der Waals surface area (Å²) in [6, 6.07) is 16.3. The van der Waals surface area contributed by atoms with Gasteiger partial charge in [-0.3, -0.25) is 9.78 Å². The molecule has 1 fully saturated rings. The van der Waals surface area contributed by atoms with E-state index >= 15 is 0 Å². The number of rotatable bonds is 4. The molecule has 0 aliphatic carbocycles. The zero-order valence-corrected chi connectivity index (χ0v) is 18.0. The molecule has 7 nitrogen and oxygen atoms in total. The molecule has 0 atom stereocenters. The van der Waals surface area contributed by atoms with E-state index in [4.69, 9.17) is 0 Å². The van der Waals surface area contributed by atoms with Gasteiger partial charge in [0.25, 0.3) is 5.91 Å². The first kappa shape index (κ1) is 20.6. The number of nitrogens with zero attached hydrogens (tertiary/aromatic N) is 5. The fourth-order valence-electron chi connectivity index (χ4n) is 4.29. The molecule has 162 valence electrons. The van der Waals surface area contributed by atoms with Crippen LogP contribution in [0.25, 0.3) is 21.9 Å². The number of anilines is 1. The third-order valence-electron chi connectivity index (χ3n) is 6.03. The van der Waals surface area contributed by atoms with Crippen molar-refractivity contribution in [1.29, 1.82) is 5.26 Å². The van der Waals surface area contributed by atoms with Crippen molar-refractivity contribution < 1.29 is 4.79 Å². The van der Waals surface area contributed by atoms with Crippen molar-refractivity contribution in [2.24, 2.45) is 0 Å². The van der Waals surface area contributed by atoms with Gasteiger partial charge < -0.3 is 10.2 Å². The minimum absolute atomic E-state index is 0.0249. The van der Waals surface area contributed by atoms with Gasteiger partial charge in [0.1, 0.15) is 6.33 Å². The molecule has 1 saturated heterocycles. The highest BCUT2D eigenvalue weighted by Gasteiger charge is 2.24. The summed E-state index contributed by atoms with van der Waals surface area (Å²) in [6.45, 7) is 1.34. The van der Waals surface area contributed by atoms with Crippen LogP contribution in [0.5, 0.6) is 0 Å². The van der Waals surface area contributed by atoms with Gasteiger partial charge in [-0.15, -0.1) is 0 Å². The van der Waals surface area contributed by atoms with Crippen LogP contribution in [0.2, 0.25) is 0 Å². The van der Waals surface area contributed by atoms with Crippen LogP contribution in [-0.2, 0) is 0 Å². The third-order valence-corrected chi connectivity index (χ3v) is 6.03. The Hall–Kier alpha value is -4.31. The van der Waals surface area contributed by atoms with E-state index in [1.807, 2.05) is 41.4 Å². The van der Waals surface area contributed by atoms with Gasteiger partial charge in [0, 0.05) is 55.0 Å².